The van der Waals surface area contributed by atoms with Crippen LogP contribution >= 0.6 is 23.2 Å². The lowest BCUT2D eigenvalue weighted by Crippen LogP contribution is -2.12. The van der Waals surface area contributed by atoms with Crippen LogP contribution in [0, 0.1) is 0 Å². The maximum absolute atomic E-state index is 12.2. The standard InChI is InChI=1S/C16H15Cl2NO2/c1-9(2)10-3-5-11(6-4-10)16(21)19-14-8-12(17)7-13(18)15(14)20/h3-9,20H,1-2H3,(H,19,21). The Morgan fingerprint density at radius 2 is 1.76 bits per heavy atom. The second-order valence-electron chi connectivity index (χ2n) is 5.01. The molecule has 110 valence electrons. The molecule has 2 aromatic carbocycles. The summed E-state index contributed by atoms with van der Waals surface area (Å²) < 4.78 is 0. The maximum atomic E-state index is 12.2. The molecule has 0 fully saturated rings. The van der Waals surface area contributed by atoms with Gasteiger partial charge in [0.1, 0.15) is 0 Å². The van der Waals surface area contributed by atoms with Crippen LogP contribution in [0.15, 0.2) is 36.4 Å². The van der Waals surface area contributed by atoms with E-state index in [1.165, 1.54) is 12.1 Å². The normalized spacial score (nSPS) is 10.7. The highest BCUT2D eigenvalue weighted by molar-refractivity contribution is 6.36. The zero-order valence-electron chi connectivity index (χ0n) is 11.7. The topological polar surface area (TPSA) is 49.3 Å². The molecule has 0 bridgehead atoms. The third kappa shape index (κ3) is 3.69. The molecule has 0 aliphatic heterocycles. The number of rotatable bonds is 3. The van der Waals surface area contributed by atoms with Crippen molar-refractivity contribution < 1.29 is 9.90 Å². The Labute approximate surface area is 133 Å². The first-order valence-corrected chi connectivity index (χ1v) is 7.23. The Kier molecular flexibility index (Phi) is 4.76. The lowest BCUT2D eigenvalue weighted by molar-refractivity contribution is 0.102. The number of hydrogen-bond donors (Lipinski definition) is 2. The van der Waals surface area contributed by atoms with Gasteiger partial charge in [0.25, 0.3) is 5.91 Å². The Morgan fingerprint density at radius 1 is 1.14 bits per heavy atom. The molecule has 5 heteroatoms. The lowest BCUT2D eigenvalue weighted by atomic mass is 10.0. The molecule has 21 heavy (non-hydrogen) atoms. The van der Waals surface area contributed by atoms with E-state index >= 15 is 0 Å². The number of phenolic OH excluding ortho intramolecular Hbond substituents is 1. The monoisotopic (exact) mass is 323 g/mol. The predicted octanol–water partition coefficient (Wildman–Crippen LogP) is 5.07. The number of halogens is 2. The molecule has 2 rings (SSSR count). The van der Waals surface area contributed by atoms with Gasteiger partial charge in [-0.05, 0) is 35.7 Å². The molecule has 0 radical (unpaired) electrons. The number of anilines is 1. The first-order chi connectivity index (χ1) is 9.88. The van der Waals surface area contributed by atoms with Gasteiger partial charge in [0.15, 0.2) is 5.75 Å². The van der Waals surface area contributed by atoms with Gasteiger partial charge in [-0.3, -0.25) is 4.79 Å². The summed E-state index contributed by atoms with van der Waals surface area (Å²) in [4.78, 5) is 12.2. The van der Waals surface area contributed by atoms with Gasteiger partial charge in [-0.15, -0.1) is 0 Å². The van der Waals surface area contributed by atoms with Crippen LogP contribution in [0.1, 0.15) is 35.7 Å². The summed E-state index contributed by atoms with van der Waals surface area (Å²) in [5.74, 6) is -0.134. The minimum absolute atomic E-state index is 0.0907. The van der Waals surface area contributed by atoms with E-state index in [1.54, 1.807) is 12.1 Å². The summed E-state index contributed by atoms with van der Waals surface area (Å²) in [6, 6.07) is 10.2. The number of benzene rings is 2. The molecular weight excluding hydrogens is 309 g/mol. The fourth-order valence-electron chi connectivity index (χ4n) is 1.88. The van der Waals surface area contributed by atoms with Gasteiger partial charge < -0.3 is 10.4 Å². The second-order valence-corrected chi connectivity index (χ2v) is 5.86. The minimum atomic E-state index is -0.334. The summed E-state index contributed by atoms with van der Waals surface area (Å²) >= 11 is 11.7. The van der Waals surface area contributed by atoms with E-state index in [4.69, 9.17) is 23.2 Å². The van der Waals surface area contributed by atoms with Crippen LogP contribution in [-0.4, -0.2) is 11.0 Å². The van der Waals surface area contributed by atoms with Crippen LogP contribution in [-0.2, 0) is 0 Å². The summed E-state index contributed by atoms with van der Waals surface area (Å²) in [7, 11) is 0. The highest BCUT2D eigenvalue weighted by Gasteiger charge is 2.12. The zero-order chi connectivity index (χ0) is 15.6. The molecule has 0 spiro atoms. The van der Waals surface area contributed by atoms with E-state index in [1.807, 2.05) is 12.1 Å². The molecule has 0 aromatic heterocycles. The molecule has 0 saturated heterocycles. The van der Waals surface area contributed by atoms with Crippen LogP contribution in [0.25, 0.3) is 0 Å². The van der Waals surface area contributed by atoms with E-state index in [-0.39, 0.29) is 22.4 Å². The third-order valence-corrected chi connectivity index (χ3v) is 3.62. The minimum Gasteiger partial charge on any atom is -0.504 e. The van der Waals surface area contributed by atoms with Crippen molar-refractivity contribution in [2.45, 2.75) is 19.8 Å². The Morgan fingerprint density at radius 3 is 2.33 bits per heavy atom. The molecule has 0 aliphatic rings. The molecule has 0 atom stereocenters. The van der Waals surface area contributed by atoms with Gasteiger partial charge in [0.05, 0.1) is 10.7 Å². The molecule has 0 heterocycles. The molecule has 3 nitrogen and oxygen atoms in total. The van der Waals surface area contributed by atoms with E-state index in [9.17, 15) is 9.90 Å². The Hall–Kier alpha value is -1.71. The first kappa shape index (κ1) is 15.7. The fourth-order valence-corrected chi connectivity index (χ4v) is 2.37. The quantitative estimate of drug-likeness (QED) is 0.774. The number of hydrogen-bond acceptors (Lipinski definition) is 2. The fraction of sp³-hybridized carbons (Fsp3) is 0.188. The van der Waals surface area contributed by atoms with E-state index in [0.717, 1.165) is 5.56 Å². The zero-order valence-corrected chi connectivity index (χ0v) is 13.2. The number of phenols is 1. The van der Waals surface area contributed by atoms with Gasteiger partial charge >= 0.3 is 0 Å². The average molecular weight is 324 g/mol. The third-order valence-electron chi connectivity index (χ3n) is 3.12. The predicted molar refractivity (Wildman–Crippen MR) is 86.6 cm³/mol. The molecule has 0 unspecified atom stereocenters. The van der Waals surface area contributed by atoms with E-state index < -0.39 is 0 Å². The summed E-state index contributed by atoms with van der Waals surface area (Å²) in [5, 5.41) is 12.9. The first-order valence-electron chi connectivity index (χ1n) is 6.48. The molecule has 2 N–H and O–H groups in total. The Balaban J connectivity index is 2.22. The van der Waals surface area contributed by atoms with Gasteiger partial charge in [-0.25, -0.2) is 0 Å². The summed E-state index contributed by atoms with van der Waals surface area (Å²) in [6.45, 7) is 4.17. The van der Waals surface area contributed by atoms with Gasteiger partial charge in [-0.1, -0.05) is 49.2 Å². The molecule has 0 aliphatic carbocycles. The molecule has 0 saturated carbocycles. The van der Waals surface area contributed by atoms with Crippen LogP contribution in [0.5, 0.6) is 5.75 Å². The van der Waals surface area contributed by atoms with Crippen molar-refractivity contribution >= 4 is 34.8 Å². The van der Waals surface area contributed by atoms with Gasteiger partial charge in [0.2, 0.25) is 0 Å². The highest BCUT2D eigenvalue weighted by Crippen LogP contribution is 2.35. The lowest BCUT2D eigenvalue weighted by Gasteiger charge is -2.10. The van der Waals surface area contributed by atoms with Crippen LogP contribution in [0.2, 0.25) is 10.0 Å². The largest absolute Gasteiger partial charge is 0.504 e. The van der Waals surface area contributed by atoms with Gasteiger partial charge in [0, 0.05) is 10.6 Å². The smallest absolute Gasteiger partial charge is 0.255 e. The van der Waals surface area contributed by atoms with Crippen molar-refractivity contribution in [2.24, 2.45) is 0 Å². The maximum Gasteiger partial charge on any atom is 0.255 e. The number of nitrogens with one attached hydrogen (secondary N) is 1. The van der Waals surface area contributed by atoms with Gasteiger partial charge in [-0.2, -0.15) is 0 Å². The van der Waals surface area contributed by atoms with E-state index in [2.05, 4.69) is 19.2 Å². The highest BCUT2D eigenvalue weighted by atomic mass is 35.5. The van der Waals surface area contributed by atoms with Crippen LogP contribution < -0.4 is 5.32 Å². The molecule has 2 aromatic rings. The van der Waals surface area contributed by atoms with Crippen molar-refractivity contribution in [1.82, 2.24) is 0 Å². The average Bonchev–Trinajstić information content (AvgIpc) is 2.44. The Bertz CT molecular complexity index is 667. The molecule has 1 amide bonds. The number of aromatic hydroxyl groups is 1. The van der Waals surface area contributed by atoms with E-state index in [0.29, 0.717) is 16.5 Å². The summed E-state index contributed by atoms with van der Waals surface area (Å²) in [5.41, 5.74) is 1.83. The van der Waals surface area contributed by atoms with Crippen LogP contribution in [0.3, 0.4) is 0 Å². The van der Waals surface area contributed by atoms with Crippen molar-refractivity contribution in [3.05, 3.63) is 57.6 Å². The number of carbonyl (C=O) groups excluding carboxylic acids is 1. The number of carbonyl (C=O) groups is 1. The second kappa shape index (κ2) is 6.37. The van der Waals surface area contributed by atoms with Crippen molar-refractivity contribution in [3.63, 3.8) is 0 Å². The number of amides is 1. The van der Waals surface area contributed by atoms with Crippen molar-refractivity contribution in [3.8, 4) is 5.75 Å². The van der Waals surface area contributed by atoms with Crippen LogP contribution in [0.4, 0.5) is 5.69 Å². The SMILES string of the molecule is CC(C)c1ccc(C(=O)Nc2cc(Cl)cc(Cl)c2O)cc1. The molecular formula is C16H15Cl2NO2. The summed E-state index contributed by atoms with van der Waals surface area (Å²) in [6.07, 6.45) is 0. The van der Waals surface area contributed by atoms with Crippen molar-refractivity contribution in [2.75, 3.05) is 5.32 Å². The van der Waals surface area contributed by atoms with Crippen molar-refractivity contribution in [1.29, 1.82) is 0 Å².